The Morgan fingerprint density at radius 2 is 2.32 bits per heavy atom. The Balaban J connectivity index is 2.12. The topological polar surface area (TPSA) is 62.4 Å². The number of aryl methyl sites for hydroxylation is 1. The predicted octanol–water partition coefficient (Wildman–Crippen LogP) is 1.32. The molecule has 1 aromatic heterocycles. The van der Waals surface area contributed by atoms with Crippen molar-refractivity contribution in [1.82, 2.24) is 9.88 Å². The summed E-state index contributed by atoms with van der Waals surface area (Å²) in [6.45, 7) is 5.65. The number of piperidine rings is 1. The van der Waals surface area contributed by atoms with Crippen LogP contribution in [0.2, 0.25) is 0 Å². The number of carbonyl (C=O) groups is 1. The molecule has 1 atom stereocenters. The molecule has 5 heteroatoms. The lowest BCUT2D eigenvalue weighted by Crippen LogP contribution is -2.44. The Kier molecular flexibility index (Phi) is 4.37. The minimum atomic E-state index is -0.316. The molecule has 0 bridgehead atoms. The Bertz CT molecular complexity index is 508. The number of H-pyrrole nitrogens is 1. The number of hydrogen-bond donors (Lipinski definition) is 1. The van der Waals surface area contributed by atoms with Gasteiger partial charge in [0, 0.05) is 25.4 Å². The van der Waals surface area contributed by atoms with Gasteiger partial charge in [-0.3, -0.25) is 9.59 Å². The average Bonchev–Trinajstić information content (AvgIpc) is 2.39. The van der Waals surface area contributed by atoms with E-state index < -0.39 is 0 Å². The van der Waals surface area contributed by atoms with Crippen LogP contribution in [0.25, 0.3) is 0 Å². The Hall–Kier alpha value is -1.62. The van der Waals surface area contributed by atoms with Gasteiger partial charge < -0.3 is 14.6 Å². The largest absolute Gasteiger partial charge is 0.377 e. The third-order valence-corrected chi connectivity index (χ3v) is 3.35. The fourth-order valence-electron chi connectivity index (χ4n) is 2.41. The van der Waals surface area contributed by atoms with Crippen molar-refractivity contribution < 1.29 is 9.53 Å². The van der Waals surface area contributed by atoms with Crippen LogP contribution in [0.5, 0.6) is 0 Å². The molecule has 1 amide bonds. The SMILES string of the molecule is CCOC1CCCN(C(=O)c2ccc(C)[nH]c2=O)C1. The average molecular weight is 264 g/mol. The first kappa shape index (κ1) is 13.8. The molecular formula is C14H20N2O3. The summed E-state index contributed by atoms with van der Waals surface area (Å²) in [5.74, 6) is -0.203. The second-order valence-corrected chi connectivity index (χ2v) is 4.85. The van der Waals surface area contributed by atoms with Gasteiger partial charge in [0.05, 0.1) is 6.10 Å². The number of carbonyl (C=O) groups excluding carboxylic acids is 1. The number of nitrogens with one attached hydrogen (secondary N) is 1. The number of aromatic amines is 1. The summed E-state index contributed by atoms with van der Waals surface area (Å²) in [5.41, 5.74) is 0.652. The molecule has 0 saturated carbocycles. The third kappa shape index (κ3) is 3.23. The van der Waals surface area contributed by atoms with E-state index in [1.165, 1.54) is 0 Å². The zero-order valence-electron chi connectivity index (χ0n) is 11.4. The maximum absolute atomic E-state index is 12.3. The maximum atomic E-state index is 12.3. The number of aromatic nitrogens is 1. The second-order valence-electron chi connectivity index (χ2n) is 4.85. The first-order valence-electron chi connectivity index (χ1n) is 6.72. The zero-order valence-corrected chi connectivity index (χ0v) is 11.4. The number of ether oxygens (including phenoxy) is 1. The molecule has 5 nitrogen and oxygen atoms in total. The minimum Gasteiger partial charge on any atom is -0.377 e. The Morgan fingerprint density at radius 1 is 1.53 bits per heavy atom. The molecule has 2 rings (SSSR count). The fourth-order valence-corrected chi connectivity index (χ4v) is 2.41. The zero-order chi connectivity index (χ0) is 13.8. The van der Waals surface area contributed by atoms with Crippen LogP contribution in [0.4, 0.5) is 0 Å². The molecule has 1 aromatic rings. The summed E-state index contributed by atoms with van der Waals surface area (Å²) >= 11 is 0. The third-order valence-electron chi connectivity index (χ3n) is 3.35. The fraction of sp³-hybridized carbons (Fsp3) is 0.571. The lowest BCUT2D eigenvalue weighted by Gasteiger charge is -2.32. The molecule has 0 aliphatic carbocycles. The van der Waals surface area contributed by atoms with Gasteiger partial charge >= 0.3 is 0 Å². The number of hydrogen-bond acceptors (Lipinski definition) is 3. The monoisotopic (exact) mass is 264 g/mol. The van der Waals surface area contributed by atoms with Gasteiger partial charge in [-0.25, -0.2) is 0 Å². The van der Waals surface area contributed by atoms with Crippen LogP contribution >= 0.6 is 0 Å². The lowest BCUT2D eigenvalue weighted by molar-refractivity contribution is 0.00717. The van der Waals surface area contributed by atoms with E-state index in [1.807, 2.05) is 6.92 Å². The first-order chi connectivity index (χ1) is 9.11. The molecule has 1 aliphatic heterocycles. The molecule has 19 heavy (non-hydrogen) atoms. The van der Waals surface area contributed by atoms with Crippen LogP contribution in [0.3, 0.4) is 0 Å². The van der Waals surface area contributed by atoms with E-state index in [9.17, 15) is 9.59 Å². The quantitative estimate of drug-likeness (QED) is 0.895. The maximum Gasteiger partial charge on any atom is 0.260 e. The summed E-state index contributed by atoms with van der Waals surface area (Å²) in [6, 6.07) is 3.35. The number of nitrogens with zero attached hydrogens (tertiary/aromatic N) is 1. The van der Waals surface area contributed by atoms with Crippen molar-refractivity contribution in [1.29, 1.82) is 0 Å². The van der Waals surface area contributed by atoms with Crippen LogP contribution in [-0.2, 0) is 4.74 Å². The van der Waals surface area contributed by atoms with Crippen molar-refractivity contribution in [3.05, 3.63) is 33.7 Å². The first-order valence-corrected chi connectivity index (χ1v) is 6.72. The number of rotatable bonds is 3. The highest BCUT2D eigenvalue weighted by molar-refractivity contribution is 5.93. The van der Waals surface area contributed by atoms with E-state index in [-0.39, 0.29) is 23.1 Å². The Labute approximate surface area is 112 Å². The van der Waals surface area contributed by atoms with Crippen LogP contribution in [0.1, 0.15) is 35.8 Å². The van der Waals surface area contributed by atoms with Gasteiger partial charge in [0.1, 0.15) is 5.56 Å². The van der Waals surface area contributed by atoms with Gasteiger partial charge in [0.15, 0.2) is 0 Å². The highest BCUT2D eigenvalue weighted by Gasteiger charge is 2.25. The van der Waals surface area contributed by atoms with Crippen molar-refractivity contribution in [2.24, 2.45) is 0 Å². The molecule has 0 spiro atoms. The number of pyridine rings is 1. The van der Waals surface area contributed by atoms with Gasteiger partial charge in [-0.2, -0.15) is 0 Å². The standard InChI is InChI=1S/C14H20N2O3/c1-3-19-11-5-4-8-16(9-11)14(18)12-7-6-10(2)15-13(12)17/h6-7,11H,3-5,8-9H2,1-2H3,(H,15,17). The van der Waals surface area contributed by atoms with Crippen molar-refractivity contribution in [3.63, 3.8) is 0 Å². The molecule has 104 valence electrons. The van der Waals surface area contributed by atoms with E-state index in [4.69, 9.17) is 4.74 Å². The summed E-state index contributed by atoms with van der Waals surface area (Å²) in [6.07, 6.45) is 1.98. The molecule has 1 N–H and O–H groups in total. The van der Waals surface area contributed by atoms with Gasteiger partial charge in [-0.15, -0.1) is 0 Å². The van der Waals surface area contributed by atoms with Crippen molar-refractivity contribution in [3.8, 4) is 0 Å². The highest BCUT2D eigenvalue weighted by atomic mass is 16.5. The van der Waals surface area contributed by atoms with Gasteiger partial charge in [-0.1, -0.05) is 0 Å². The van der Waals surface area contributed by atoms with Crippen molar-refractivity contribution in [2.75, 3.05) is 19.7 Å². The van der Waals surface area contributed by atoms with Crippen LogP contribution < -0.4 is 5.56 Å². The van der Waals surface area contributed by atoms with E-state index >= 15 is 0 Å². The van der Waals surface area contributed by atoms with Crippen LogP contribution in [0.15, 0.2) is 16.9 Å². The minimum absolute atomic E-state index is 0.0900. The van der Waals surface area contributed by atoms with Gasteiger partial charge in [-0.05, 0) is 38.8 Å². The van der Waals surface area contributed by atoms with E-state index in [1.54, 1.807) is 24.0 Å². The summed E-state index contributed by atoms with van der Waals surface area (Å²) < 4.78 is 5.57. The molecule has 1 saturated heterocycles. The molecule has 1 unspecified atom stereocenters. The van der Waals surface area contributed by atoms with E-state index in [0.29, 0.717) is 19.7 Å². The molecule has 1 fully saturated rings. The van der Waals surface area contributed by atoms with Gasteiger partial charge in [0.2, 0.25) is 0 Å². The molecule has 0 aromatic carbocycles. The van der Waals surface area contributed by atoms with Crippen molar-refractivity contribution in [2.45, 2.75) is 32.8 Å². The molecular weight excluding hydrogens is 244 g/mol. The smallest absolute Gasteiger partial charge is 0.260 e. The molecule has 1 aliphatic rings. The number of likely N-dealkylation sites (tertiary alicyclic amines) is 1. The Morgan fingerprint density at radius 3 is 3.00 bits per heavy atom. The molecule has 2 heterocycles. The van der Waals surface area contributed by atoms with E-state index in [0.717, 1.165) is 18.5 Å². The molecule has 0 radical (unpaired) electrons. The summed E-state index contributed by atoms with van der Waals surface area (Å²) in [7, 11) is 0. The summed E-state index contributed by atoms with van der Waals surface area (Å²) in [5, 5.41) is 0. The lowest BCUT2D eigenvalue weighted by atomic mass is 10.1. The summed E-state index contributed by atoms with van der Waals surface area (Å²) in [4.78, 5) is 28.5. The van der Waals surface area contributed by atoms with Crippen molar-refractivity contribution >= 4 is 5.91 Å². The van der Waals surface area contributed by atoms with Crippen LogP contribution in [0, 0.1) is 6.92 Å². The van der Waals surface area contributed by atoms with E-state index in [2.05, 4.69) is 4.98 Å². The normalized spacial score (nSPS) is 19.5. The highest BCUT2D eigenvalue weighted by Crippen LogP contribution is 2.15. The van der Waals surface area contributed by atoms with Crippen LogP contribution in [-0.4, -0.2) is 41.6 Å². The predicted molar refractivity (Wildman–Crippen MR) is 72.4 cm³/mol. The van der Waals surface area contributed by atoms with Gasteiger partial charge in [0.25, 0.3) is 11.5 Å². The second kappa shape index (κ2) is 6.02. The number of amides is 1.